The van der Waals surface area contributed by atoms with Crippen LogP contribution in [0.15, 0.2) is 55.0 Å². The zero-order chi connectivity index (χ0) is 24.1. The molecule has 176 valence electrons. The van der Waals surface area contributed by atoms with Crippen molar-refractivity contribution in [3.05, 3.63) is 82.4 Å². The normalized spacial score (nSPS) is 14.2. The van der Waals surface area contributed by atoms with Crippen molar-refractivity contribution in [2.75, 3.05) is 6.61 Å². The summed E-state index contributed by atoms with van der Waals surface area (Å²) in [4.78, 5) is 27.5. The highest BCUT2D eigenvalue weighted by molar-refractivity contribution is 6.31. The molecule has 2 aromatic heterocycles. The lowest BCUT2D eigenvalue weighted by molar-refractivity contribution is 0.0947. The quantitative estimate of drug-likeness (QED) is 0.460. The van der Waals surface area contributed by atoms with Crippen LogP contribution < -0.4 is 15.8 Å². The molecule has 4 rings (SSSR count). The zero-order valence-electron chi connectivity index (χ0n) is 18.8. The van der Waals surface area contributed by atoms with Crippen LogP contribution in [-0.4, -0.2) is 39.2 Å². The third-order valence-electron chi connectivity index (χ3n) is 5.40. The Balaban J connectivity index is 1.31. The molecule has 0 aliphatic heterocycles. The van der Waals surface area contributed by atoms with E-state index in [0.29, 0.717) is 23.0 Å². The minimum Gasteiger partial charge on any atom is -0.493 e. The van der Waals surface area contributed by atoms with Crippen molar-refractivity contribution in [2.45, 2.75) is 32.4 Å². The standard InChI is InChI=1S/C25H26ClN5O3/c1-16(30-25(33)19-8-9-28-23(10-19)24(27)32)2-3-18-12-29-31(13-18)14-20-6-7-21(11-22(20)26)34-15-17-4-5-17/h2-3,6-13,16-17H,4-5,14-15H2,1H3,(H2,27,32)(H,30,33)/t16-/m0/s1. The lowest BCUT2D eigenvalue weighted by Gasteiger charge is -2.10. The minimum absolute atomic E-state index is 0.0452. The highest BCUT2D eigenvalue weighted by Gasteiger charge is 2.22. The van der Waals surface area contributed by atoms with Gasteiger partial charge in [0.15, 0.2) is 0 Å². The van der Waals surface area contributed by atoms with E-state index >= 15 is 0 Å². The highest BCUT2D eigenvalue weighted by Crippen LogP contribution is 2.30. The first-order chi connectivity index (χ1) is 16.4. The number of carbonyl (C=O) groups is 2. The molecule has 34 heavy (non-hydrogen) atoms. The van der Waals surface area contributed by atoms with E-state index in [1.807, 2.05) is 43.5 Å². The number of carbonyl (C=O) groups excluding carboxylic acids is 2. The molecule has 3 aromatic rings. The van der Waals surface area contributed by atoms with Crippen LogP contribution in [0.1, 0.15) is 51.7 Å². The second kappa shape index (κ2) is 10.5. The molecule has 2 heterocycles. The van der Waals surface area contributed by atoms with Crippen LogP contribution >= 0.6 is 11.6 Å². The van der Waals surface area contributed by atoms with Crippen LogP contribution in [-0.2, 0) is 6.54 Å². The number of nitrogens with two attached hydrogens (primary N) is 1. The number of nitrogens with zero attached hydrogens (tertiary/aromatic N) is 3. The summed E-state index contributed by atoms with van der Waals surface area (Å²) in [6, 6.07) is 8.39. The smallest absolute Gasteiger partial charge is 0.267 e. The summed E-state index contributed by atoms with van der Waals surface area (Å²) < 4.78 is 7.58. The van der Waals surface area contributed by atoms with E-state index in [1.54, 1.807) is 10.9 Å². The summed E-state index contributed by atoms with van der Waals surface area (Å²) in [5.74, 6) is 0.476. The number of ether oxygens (including phenoxy) is 1. The van der Waals surface area contributed by atoms with E-state index in [-0.39, 0.29) is 17.6 Å². The number of aromatic nitrogens is 3. The number of amides is 2. The molecule has 0 unspecified atom stereocenters. The van der Waals surface area contributed by atoms with Gasteiger partial charge in [-0.2, -0.15) is 5.10 Å². The molecule has 8 nitrogen and oxygen atoms in total. The van der Waals surface area contributed by atoms with Gasteiger partial charge in [-0.15, -0.1) is 0 Å². The molecule has 0 saturated heterocycles. The summed E-state index contributed by atoms with van der Waals surface area (Å²) in [6.07, 6.45) is 11.3. The summed E-state index contributed by atoms with van der Waals surface area (Å²) >= 11 is 6.44. The number of rotatable bonds is 10. The molecule has 2 amide bonds. The molecule has 0 radical (unpaired) electrons. The van der Waals surface area contributed by atoms with E-state index in [0.717, 1.165) is 23.5 Å². The number of pyridine rings is 1. The molecule has 1 aliphatic rings. The lowest BCUT2D eigenvalue weighted by Crippen LogP contribution is -2.31. The van der Waals surface area contributed by atoms with Gasteiger partial charge in [-0.25, -0.2) is 0 Å². The number of nitrogens with one attached hydrogen (secondary N) is 1. The second-order valence-corrected chi connectivity index (χ2v) is 8.80. The maximum Gasteiger partial charge on any atom is 0.267 e. The lowest BCUT2D eigenvalue weighted by atomic mass is 10.2. The first-order valence-corrected chi connectivity index (χ1v) is 11.4. The maximum absolute atomic E-state index is 12.4. The maximum atomic E-state index is 12.4. The summed E-state index contributed by atoms with van der Waals surface area (Å²) in [7, 11) is 0. The van der Waals surface area contributed by atoms with Crippen molar-refractivity contribution < 1.29 is 14.3 Å². The largest absolute Gasteiger partial charge is 0.493 e. The van der Waals surface area contributed by atoms with E-state index in [4.69, 9.17) is 22.1 Å². The van der Waals surface area contributed by atoms with E-state index < -0.39 is 5.91 Å². The molecule has 9 heteroatoms. The van der Waals surface area contributed by atoms with E-state index in [9.17, 15) is 9.59 Å². The Labute approximate surface area is 202 Å². The van der Waals surface area contributed by atoms with Gasteiger partial charge in [-0.05, 0) is 55.5 Å². The SMILES string of the molecule is C[C@@H](C=Cc1cnn(Cc2ccc(OCC3CC3)cc2Cl)c1)NC(=O)c1ccnc(C(N)=O)c1. The third-order valence-corrected chi connectivity index (χ3v) is 5.76. The number of hydrogen-bond donors (Lipinski definition) is 2. The molecular formula is C25H26ClN5O3. The predicted molar refractivity (Wildman–Crippen MR) is 130 cm³/mol. The van der Waals surface area contributed by atoms with Crippen molar-refractivity contribution in [2.24, 2.45) is 11.7 Å². The van der Waals surface area contributed by atoms with Gasteiger partial charge in [-0.1, -0.05) is 29.8 Å². The van der Waals surface area contributed by atoms with E-state index in [1.165, 1.54) is 31.2 Å². The van der Waals surface area contributed by atoms with E-state index in [2.05, 4.69) is 15.4 Å². The molecular weight excluding hydrogens is 454 g/mol. The van der Waals surface area contributed by atoms with Gasteiger partial charge in [0.05, 0.1) is 19.3 Å². The molecule has 1 aliphatic carbocycles. The van der Waals surface area contributed by atoms with Crippen LogP contribution in [0, 0.1) is 5.92 Å². The van der Waals surface area contributed by atoms with Gasteiger partial charge in [0.25, 0.3) is 11.8 Å². The Hall–Kier alpha value is -3.65. The van der Waals surface area contributed by atoms with Crippen LogP contribution in [0.2, 0.25) is 5.02 Å². The molecule has 3 N–H and O–H groups in total. The number of primary amides is 1. The fourth-order valence-corrected chi connectivity index (χ4v) is 3.50. The number of halogens is 1. The predicted octanol–water partition coefficient (Wildman–Crippen LogP) is 3.70. The van der Waals surface area contributed by atoms with Crippen molar-refractivity contribution in [1.82, 2.24) is 20.1 Å². The van der Waals surface area contributed by atoms with Crippen molar-refractivity contribution in [3.63, 3.8) is 0 Å². The summed E-state index contributed by atoms with van der Waals surface area (Å²) in [5.41, 5.74) is 7.42. The molecule has 1 aromatic carbocycles. The monoisotopic (exact) mass is 479 g/mol. The summed E-state index contributed by atoms with van der Waals surface area (Å²) in [6.45, 7) is 3.13. The topological polar surface area (TPSA) is 112 Å². The summed E-state index contributed by atoms with van der Waals surface area (Å²) in [5, 5.41) is 7.89. The van der Waals surface area contributed by atoms with Gasteiger partial charge >= 0.3 is 0 Å². The van der Waals surface area contributed by atoms with Gasteiger partial charge in [0.2, 0.25) is 0 Å². The second-order valence-electron chi connectivity index (χ2n) is 8.39. The Bertz CT molecular complexity index is 1220. The van der Waals surface area contributed by atoms with Gasteiger partial charge in [0, 0.05) is 34.6 Å². The first kappa shape index (κ1) is 23.5. The molecule has 1 fully saturated rings. The van der Waals surface area contributed by atoms with Crippen molar-refractivity contribution in [1.29, 1.82) is 0 Å². The Morgan fingerprint density at radius 2 is 2.15 bits per heavy atom. The van der Waals surface area contributed by atoms with Crippen LogP contribution in [0.3, 0.4) is 0 Å². The Kier molecular flexibility index (Phi) is 7.27. The molecule has 1 saturated carbocycles. The van der Waals surface area contributed by atoms with Gasteiger partial charge in [0.1, 0.15) is 11.4 Å². The fourth-order valence-electron chi connectivity index (χ4n) is 3.27. The highest BCUT2D eigenvalue weighted by atomic mass is 35.5. The van der Waals surface area contributed by atoms with Crippen molar-refractivity contribution in [3.8, 4) is 5.75 Å². The van der Waals surface area contributed by atoms with Gasteiger partial charge in [-0.3, -0.25) is 19.3 Å². The van der Waals surface area contributed by atoms with Crippen LogP contribution in [0.4, 0.5) is 0 Å². The Morgan fingerprint density at radius 3 is 2.88 bits per heavy atom. The average Bonchev–Trinajstić information content (AvgIpc) is 3.55. The van der Waals surface area contributed by atoms with Crippen LogP contribution in [0.25, 0.3) is 6.08 Å². The fraction of sp³-hybridized carbons (Fsp3) is 0.280. The average molecular weight is 480 g/mol. The molecule has 0 spiro atoms. The third kappa shape index (κ3) is 6.45. The zero-order valence-corrected chi connectivity index (χ0v) is 19.5. The first-order valence-electron chi connectivity index (χ1n) is 11.1. The number of benzene rings is 1. The van der Waals surface area contributed by atoms with Gasteiger partial charge < -0.3 is 15.8 Å². The molecule has 1 atom stereocenters. The van der Waals surface area contributed by atoms with Crippen molar-refractivity contribution >= 4 is 29.5 Å². The molecule has 0 bridgehead atoms. The Morgan fingerprint density at radius 1 is 1.32 bits per heavy atom. The minimum atomic E-state index is -0.682. The van der Waals surface area contributed by atoms with Crippen LogP contribution in [0.5, 0.6) is 5.75 Å². The number of hydrogen-bond acceptors (Lipinski definition) is 5.